The predicted molar refractivity (Wildman–Crippen MR) is 107 cm³/mol. The lowest BCUT2D eigenvalue weighted by Gasteiger charge is -2.09. The number of anilines is 1. The van der Waals surface area contributed by atoms with Gasteiger partial charge in [0.2, 0.25) is 11.8 Å². The van der Waals surface area contributed by atoms with E-state index < -0.39 is 0 Å². The van der Waals surface area contributed by atoms with Crippen molar-refractivity contribution < 1.29 is 14.3 Å². The Bertz CT molecular complexity index is 822. The Morgan fingerprint density at radius 1 is 1.11 bits per heavy atom. The first-order valence-corrected chi connectivity index (χ1v) is 8.95. The van der Waals surface area contributed by atoms with Gasteiger partial charge in [-0.05, 0) is 43.7 Å². The van der Waals surface area contributed by atoms with Crippen LogP contribution in [0.15, 0.2) is 53.6 Å². The molecule has 0 atom stereocenters. The van der Waals surface area contributed by atoms with Gasteiger partial charge in [-0.3, -0.25) is 9.59 Å². The first kappa shape index (κ1) is 20.5. The van der Waals surface area contributed by atoms with Crippen LogP contribution in [0.1, 0.15) is 32.3 Å². The number of amides is 2. The number of carbonyl (C=O) groups excluding carboxylic acids is 2. The molecule has 7 heteroatoms. The number of carbonyl (C=O) groups is 2. The molecule has 2 aromatic carbocycles. The molecule has 0 aliphatic heterocycles. The van der Waals surface area contributed by atoms with Gasteiger partial charge in [-0.25, -0.2) is 5.43 Å². The molecule has 0 unspecified atom stereocenters. The molecule has 142 valence electrons. The quantitative estimate of drug-likeness (QED) is 0.530. The van der Waals surface area contributed by atoms with Crippen LogP contribution < -0.4 is 15.5 Å². The van der Waals surface area contributed by atoms with Crippen LogP contribution in [0.5, 0.6) is 5.75 Å². The summed E-state index contributed by atoms with van der Waals surface area (Å²) in [5.41, 5.74) is 3.72. The number of nitrogens with one attached hydrogen (secondary N) is 2. The number of halogens is 1. The van der Waals surface area contributed by atoms with E-state index in [0.717, 1.165) is 11.3 Å². The standard InChI is InChI=1S/C20H22ClN3O3/c1-14(2)27-16-7-5-6-15(12-16)13-22-24-20(26)11-10-19(25)23-18-9-4-3-8-17(18)21/h3-9,12-14H,10-11H2,1-2H3,(H,23,25)(H,24,26). The molecule has 0 saturated heterocycles. The number of para-hydroxylation sites is 1. The molecule has 0 heterocycles. The maximum absolute atomic E-state index is 11.9. The Hall–Kier alpha value is -2.86. The number of rotatable bonds is 8. The van der Waals surface area contributed by atoms with E-state index in [1.54, 1.807) is 24.3 Å². The molecule has 0 radical (unpaired) electrons. The molecule has 0 aliphatic rings. The predicted octanol–water partition coefficient (Wildman–Crippen LogP) is 4.00. The molecule has 2 N–H and O–H groups in total. The first-order valence-electron chi connectivity index (χ1n) is 8.57. The van der Waals surface area contributed by atoms with Crippen molar-refractivity contribution in [3.8, 4) is 5.75 Å². The Morgan fingerprint density at radius 3 is 2.59 bits per heavy atom. The molecule has 27 heavy (non-hydrogen) atoms. The highest BCUT2D eigenvalue weighted by atomic mass is 35.5. The molecule has 2 amide bonds. The summed E-state index contributed by atoms with van der Waals surface area (Å²) >= 11 is 5.97. The third-order valence-electron chi connectivity index (χ3n) is 3.36. The second-order valence-corrected chi connectivity index (χ2v) is 6.47. The first-order chi connectivity index (χ1) is 12.9. The fourth-order valence-corrected chi connectivity index (χ4v) is 2.36. The SMILES string of the molecule is CC(C)Oc1cccc(C=NNC(=O)CCC(=O)Nc2ccccc2Cl)c1. The highest BCUT2D eigenvalue weighted by Crippen LogP contribution is 2.20. The second kappa shape index (κ2) is 10.3. The molecule has 0 saturated carbocycles. The second-order valence-electron chi connectivity index (χ2n) is 6.06. The largest absolute Gasteiger partial charge is 0.491 e. The van der Waals surface area contributed by atoms with Crippen molar-refractivity contribution in [2.45, 2.75) is 32.8 Å². The van der Waals surface area contributed by atoms with Crippen molar-refractivity contribution in [2.24, 2.45) is 5.10 Å². The van der Waals surface area contributed by atoms with Crippen LogP contribution in [0, 0.1) is 0 Å². The Morgan fingerprint density at radius 2 is 1.85 bits per heavy atom. The molecule has 0 aromatic heterocycles. The lowest BCUT2D eigenvalue weighted by atomic mass is 10.2. The van der Waals surface area contributed by atoms with Gasteiger partial charge in [0.25, 0.3) is 0 Å². The lowest BCUT2D eigenvalue weighted by Crippen LogP contribution is -2.20. The van der Waals surface area contributed by atoms with Crippen LogP contribution in [0.2, 0.25) is 5.02 Å². The minimum Gasteiger partial charge on any atom is -0.491 e. The number of ether oxygens (including phenoxy) is 1. The number of benzene rings is 2. The van der Waals surface area contributed by atoms with Gasteiger partial charge >= 0.3 is 0 Å². The van der Waals surface area contributed by atoms with Crippen LogP contribution in [-0.4, -0.2) is 24.1 Å². The zero-order valence-corrected chi connectivity index (χ0v) is 16.0. The third kappa shape index (κ3) is 7.50. The molecule has 2 aromatic rings. The summed E-state index contributed by atoms with van der Waals surface area (Å²) in [5.74, 6) is 0.0902. The average Bonchev–Trinajstić information content (AvgIpc) is 2.62. The highest BCUT2D eigenvalue weighted by molar-refractivity contribution is 6.33. The zero-order valence-electron chi connectivity index (χ0n) is 15.2. The van der Waals surface area contributed by atoms with Gasteiger partial charge in [-0.15, -0.1) is 0 Å². The van der Waals surface area contributed by atoms with Gasteiger partial charge in [0.15, 0.2) is 0 Å². The van der Waals surface area contributed by atoms with Crippen molar-refractivity contribution in [3.63, 3.8) is 0 Å². The molecule has 0 fully saturated rings. The molecule has 2 rings (SSSR count). The summed E-state index contributed by atoms with van der Waals surface area (Å²) in [6.07, 6.45) is 1.65. The normalized spacial score (nSPS) is 10.8. The van der Waals surface area contributed by atoms with Gasteiger partial charge in [0, 0.05) is 12.8 Å². The number of nitrogens with zero attached hydrogens (tertiary/aromatic N) is 1. The molecule has 6 nitrogen and oxygen atoms in total. The number of hydrazone groups is 1. The lowest BCUT2D eigenvalue weighted by molar-refractivity contribution is -0.124. The average molecular weight is 388 g/mol. The molecular weight excluding hydrogens is 366 g/mol. The molecule has 0 spiro atoms. The van der Waals surface area contributed by atoms with E-state index in [9.17, 15) is 9.59 Å². The maximum atomic E-state index is 11.9. The van der Waals surface area contributed by atoms with Crippen LogP contribution in [-0.2, 0) is 9.59 Å². The third-order valence-corrected chi connectivity index (χ3v) is 3.69. The summed E-state index contributed by atoms with van der Waals surface area (Å²) in [6.45, 7) is 3.89. The summed E-state index contributed by atoms with van der Waals surface area (Å²) in [4.78, 5) is 23.7. The zero-order chi connectivity index (χ0) is 19.6. The van der Waals surface area contributed by atoms with Gasteiger partial charge in [0.1, 0.15) is 5.75 Å². The van der Waals surface area contributed by atoms with Crippen molar-refractivity contribution in [1.82, 2.24) is 5.43 Å². The van der Waals surface area contributed by atoms with Crippen LogP contribution in [0.25, 0.3) is 0 Å². The Kier molecular flexibility index (Phi) is 7.82. The van der Waals surface area contributed by atoms with Crippen molar-refractivity contribution >= 4 is 35.3 Å². The summed E-state index contributed by atoms with van der Waals surface area (Å²) < 4.78 is 5.60. The fourth-order valence-electron chi connectivity index (χ4n) is 2.18. The minimum atomic E-state index is -0.352. The Labute approximate surface area is 163 Å². The van der Waals surface area contributed by atoms with Gasteiger partial charge in [-0.2, -0.15) is 5.10 Å². The van der Waals surface area contributed by atoms with Gasteiger partial charge in [-0.1, -0.05) is 35.9 Å². The minimum absolute atomic E-state index is 0.0180. The van der Waals surface area contributed by atoms with E-state index in [0.29, 0.717) is 10.7 Å². The van der Waals surface area contributed by atoms with E-state index in [2.05, 4.69) is 15.8 Å². The van der Waals surface area contributed by atoms with Crippen molar-refractivity contribution in [2.75, 3.05) is 5.32 Å². The topological polar surface area (TPSA) is 79.8 Å². The Balaban J connectivity index is 1.76. The number of hydrogen-bond acceptors (Lipinski definition) is 4. The van der Waals surface area contributed by atoms with E-state index >= 15 is 0 Å². The van der Waals surface area contributed by atoms with Gasteiger partial charge in [0.05, 0.1) is 23.0 Å². The van der Waals surface area contributed by atoms with Crippen molar-refractivity contribution in [3.05, 3.63) is 59.1 Å². The smallest absolute Gasteiger partial charge is 0.240 e. The van der Waals surface area contributed by atoms with E-state index in [1.807, 2.05) is 38.1 Å². The molecule has 0 bridgehead atoms. The van der Waals surface area contributed by atoms with Crippen LogP contribution >= 0.6 is 11.6 Å². The fraction of sp³-hybridized carbons (Fsp3) is 0.250. The van der Waals surface area contributed by atoms with Crippen molar-refractivity contribution in [1.29, 1.82) is 0 Å². The van der Waals surface area contributed by atoms with Crippen LogP contribution in [0.4, 0.5) is 5.69 Å². The monoisotopic (exact) mass is 387 g/mol. The molecule has 0 aliphatic carbocycles. The summed E-state index contributed by atoms with van der Waals surface area (Å²) in [7, 11) is 0. The van der Waals surface area contributed by atoms with E-state index in [4.69, 9.17) is 16.3 Å². The molecular formula is C20H22ClN3O3. The van der Waals surface area contributed by atoms with Crippen LogP contribution in [0.3, 0.4) is 0 Å². The maximum Gasteiger partial charge on any atom is 0.240 e. The van der Waals surface area contributed by atoms with Gasteiger partial charge < -0.3 is 10.1 Å². The number of hydrogen-bond donors (Lipinski definition) is 2. The van der Waals surface area contributed by atoms with E-state index in [1.165, 1.54) is 6.21 Å². The summed E-state index contributed by atoms with van der Waals surface area (Å²) in [5, 5.41) is 7.02. The highest BCUT2D eigenvalue weighted by Gasteiger charge is 2.08. The van der Waals surface area contributed by atoms with E-state index in [-0.39, 0.29) is 30.8 Å². The summed E-state index contributed by atoms with van der Waals surface area (Å²) in [6, 6.07) is 14.3.